The normalized spacial score (nSPS) is 12.6. The summed E-state index contributed by atoms with van der Waals surface area (Å²) in [7, 11) is 0. The molecule has 0 radical (unpaired) electrons. The highest BCUT2D eigenvalue weighted by Gasteiger charge is 2.13. The van der Waals surface area contributed by atoms with Crippen LogP contribution in [0.3, 0.4) is 0 Å². The molecule has 1 aliphatic rings. The lowest BCUT2D eigenvalue weighted by Crippen LogP contribution is -2.07. The molecule has 0 spiro atoms. The predicted octanol–water partition coefficient (Wildman–Crippen LogP) is 4.37. The Kier molecular flexibility index (Phi) is 4.22. The van der Waals surface area contributed by atoms with E-state index in [-0.39, 0.29) is 12.7 Å². The van der Waals surface area contributed by atoms with E-state index in [1.165, 1.54) is 6.08 Å². The van der Waals surface area contributed by atoms with Gasteiger partial charge in [-0.05, 0) is 29.8 Å². The van der Waals surface area contributed by atoms with Gasteiger partial charge in [-0.2, -0.15) is 0 Å². The lowest BCUT2D eigenvalue weighted by atomic mass is 10.2. The summed E-state index contributed by atoms with van der Waals surface area (Å²) < 4.78 is 10.5. The SMILES string of the molecule is O=C(/C=C/c1cccc(Cl)c1Cl)Nc1ccc2c(c1)OCO2. The summed E-state index contributed by atoms with van der Waals surface area (Å²) in [5, 5.41) is 3.60. The van der Waals surface area contributed by atoms with Crippen LogP contribution in [0.1, 0.15) is 5.56 Å². The van der Waals surface area contributed by atoms with E-state index in [4.69, 9.17) is 32.7 Å². The quantitative estimate of drug-likeness (QED) is 0.847. The van der Waals surface area contributed by atoms with Crippen molar-refractivity contribution in [1.29, 1.82) is 0 Å². The largest absolute Gasteiger partial charge is 0.454 e. The first-order valence-corrected chi connectivity index (χ1v) is 7.22. The van der Waals surface area contributed by atoms with Gasteiger partial charge in [0.1, 0.15) is 0 Å². The lowest BCUT2D eigenvalue weighted by molar-refractivity contribution is -0.111. The van der Waals surface area contributed by atoms with Gasteiger partial charge in [-0.1, -0.05) is 35.3 Å². The Hall–Kier alpha value is -2.17. The van der Waals surface area contributed by atoms with E-state index >= 15 is 0 Å². The van der Waals surface area contributed by atoms with E-state index in [9.17, 15) is 4.79 Å². The molecule has 0 fully saturated rings. The summed E-state index contributed by atoms with van der Waals surface area (Å²) in [6.07, 6.45) is 3.00. The van der Waals surface area contributed by atoms with Gasteiger partial charge in [0.25, 0.3) is 0 Å². The highest BCUT2D eigenvalue weighted by molar-refractivity contribution is 6.42. The van der Waals surface area contributed by atoms with Gasteiger partial charge in [-0.25, -0.2) is 0 Å². The van der Waals surface area contributed by atoms with Crippen LogP contribution in [0.2, 0.25) is 10.0 Å². The number of hydrogen-bond donors (Lipinski definition) is 1. The number of hydrogen-bond acceptors (Lipinski definition) is 3. The molecule has 1 N–H and O–H groups in total. The first-order chi connectivity index (χ1) is 10.6. The molecule has 0 unspecified atom stereocenters. The maximum Gasteiger partial charge on any atom is 0.248 e. The third-order valence-electron chi connectivity index (χ3n) is 3.04. The fourth-order valence-electron chi connectivity index (χ4n) is 1.97. The second-order valence-corrected chi connectivity index (χ2v) is 5.32. The zero-order valence-corrected chi connectivity index (χ0v) is 12.8. The molecule has 0 saturated carbocycles. The molecular weight excluding hydrogens is 325 g/mol. The molecule has 2 aromatic rings. The number of anilines is 1. The van der Waals surface area contributed by atoms with Crippen molar-refractivity contribution in [2.75, 3.05) is 12.1 Å². The minimum absolute atomic E-state index is 0.194. The Morgan fingerprint density at radius 1 is 1.14 bits per heavy atom. The van der Waals surface area contributed by atoms with Gasteiger partial charge in [0.15, 0.2) is 11.5 Å². The van der Waals surface area contributed by atoms with Crippen LogP contribution in [0.15, 0.2) is 42.5 Å². The molecule has 6 heteroatoms. The van der Waals surface area contributed by atoms with Crippen molar-refractivity contribution >= 4 is 40.9 Å². The van der Waals surface area contributed by atoms with Crippen LogP contribution < -0.4 is 14.8 Å². The summed E-state index contributed by atoms with van der Waals surface area (Å²) in [5.74, 6) is 0.994. The third kappa shape index (κ3) is 3.18. The van der Waals surface area contributed by atoms with Gasteiger partial charge in [0, 0.05) is 17.8 Å². The number of amides is 1. The molecule has 3 rings (SSSR count). The number of halogens is 2. The molecule has 1 heterocycles. The summed E-state index contributed by atoms with van der Waals surface area (Å²) >= 11 is 12.0. The summed E-state index contributed by atoms with van der Waals surface area (Å²) in [6, 6.07) is 10.4. The average molecular weight is 336 g/mol. The summed E-state index contributed by atoms with van der Waals surface area (Å²) in [4.78, 5) is 11.9. The number of ether oxygens (including phenoxy) is 2. The predicted molar refractivity (Wildman–Crippen MR) is 86.7 cm³/mol. The van der Waals surface area contributed by atoms with Gasteiger partial charge in [0.05, 0.1) is 10.0 Å². The molecule has 0 aliphatic carbocycles. The van der Waals surface area contributed by atoms with Crippen LogP contribution in [0.5, 0.6) is 11.5 Å². The van der Waals surface area contributed by atoms with Crippen molar-refractivity contribution < 1.29 is 14.3 Å². The van der Waals surface area contributed by atoms with Crippen LogP contribution in [0.4, 0.5) is 5.69 Å². The van der Waals surface area contributed by atoms with E-state index in [0.717, 1.165) is 0 Å². The Balaban J connectivity index is 1.70. The third-order valence-corrected chi connectivity index (χ3v) is 3.87. The number of rotatable bonds is 3. The van der Waals surface area contributed by atoms with Crippen molar-refractivity contribution in [3.63, 3.8) is 0 Å². The molecule has 0 saturated heterocycles. The molecule has 2 aromatic carbocycles. The summed E-state index contributed by atoms with van der Waals surface area (Å²) in [6.45, 7) is 0.194. The van der Waals surface area contributed by atoms with Gasteiger partial charge < -0.3 is 14.8 Å². The first-order valence-electron chi connectivity index (χ1n) is 6.46. The molecular formula is C16H11Cl2NO3. The van der Waals surface area contributed by atoms with Crippen molar-refractivity contribution in [2.24, 2.45) is 0 Å². The van der Waals surface area contributed by atoms with Gasteiger partial charge in [-0.3, -0.25) is 4.79 Å². The van der Waals surface area contributed by atoms with E-state index in [0.29, 0.717) is 32.8 Å². The van der Waals surface area contributed by atoms with Crippen LogP contribution in [0, 0.1) is 0 Å². The standard InChI is InChI=1S/C16H11Cl2NO3/c17-12-3-1-2-10(16(12)18)4-7-15(20)19-11-5-6-13-14(8-11)22-9-21-13/h1-8H,9H2,(H,19,20)/b7-4+. The number of benzene rings is 2. The molecule has 22 heavy (non-hydrogen) atoms. The smallest absolute Gasteiger partial charge is 0.248 e. The molecule has 1 aliphatic heterocycles. The number of nitrogens with one attached hydrogen (secondary N) is 1. The zero-order valence-electron chi connectivity index (χ0n) is 11.3. The van der Waals surface area contributed by atoms with Gasteiger partial charge >= 0.3 is 0 Å². The van der Waals surface area contributed by atoms with Crippen molar-refractivity contribution in [3.05, 3.63) is 58.1 Å². The maximum atomic E-state index is 11.9. The number of carbonyl (C=O) groups excluding carboxylic acids is 1. The molecule has 0 aromatic heterocycles. The second-order valence-electron chi connectivity index (χ2n) is 4.53. The number of fused-ring (bicyclic) bond motifs is 1. The van der Waals surface area contributed by atoms with Crippen molar-refractivity contribution in [2.45, 2.75) is 0 Å². The highest BCUT2D eigenvalue weighted by Crippen LogP contribution is 2.34. The van der Waals surface area contributed by atoms with E-state index in [1.807, 2.05) is 0 Å². The zero-order chi connectivity index (χ0) is 15.5. The van der Waals surface area contributed by atoms with Crippen LogP contribution in [-0.4, -0.2) is 12.7 Å². The fraction of sp³-hybridized carbons (Fsp3) is 0.0625. The monoisotopic (exact) mass is 335 g/mol. The first kappa shape index (κ1) is 14.8. The molecule has 0 atom stereocenters. The van der Waals surface area contributed by atoms with Crippen LogP contribution in [0.25, 0.3) is 6.08 Å². The number of carbonyl (C=O) groups is 1. The molecule has 1 amide bonds. The second kappa shape index (κ2) is 6.30. The Morgan fingerprint density at radius 3 is 2.82 bits per heavy atom. The maximum absolute atomic E-state index is 11.9. The summed E-state index contributed by atoms with van der Waals surface area (Å²) in [5.41, 5.74) is 1.30. The van der Waals surface area contributed by atoms with Crippen LogP contribution >= 0.6 is 23.2 Å². The molecule has 112 valence electrons. The molecule has 4 nitrogen and oxygen atoms in total. The molecule has 0 bridgehead atoms. The average Bonchev–Trinajstić information content (AvgIpc) is 2.96. The lowest BCUT2D eigenvalue weighted by Gasteiger charge is -2.04. The fourth-order valence-corrected chi connectivity index (χ4v) is 2.34. The Labute approximate surface area is 137 Å². The Morgan fingerprint density at radius 2 is 1.95 bits per heavy atom. The minimum Gasteiger partial charge on any atom is -0.454 e. The topological polar surface area (TPSA) is 47.6 Å². The van der Waals surface area contributed by atoms with Gasteiger partial charge in [0.2, 0.25) is 12.7 Å². The van der Waals surface area contributed by atoms with E-state index in [1.54, 1.807) is 42.5 Å². The van der Waals surface area contributed by atoms with Crippen molar-refractivity contribution in [3.8, 4) is 11.5 Å². The van der Waals surface area contributed by atoms with Crippen molar-refractivity contribution in [1.82, 2.24) is 0 Å². The van der Waals surface area contributed by atoms with Gasteiger partial charge in [-0.15, -0.1) is 0 Å². The highest BCUT2D eigenvalue weighted by atomic mass is 35.5. The minimum atomic E-state index is -0.282. The Bertz CT molecular complexity index is 759. The van der Waals surface area contributed by atoms with E-state index in [2.05, 4.69) is 5.32 Å². The van der Waals surface area contributed by atoms with Crippen LogP contribution in [-0.2, 0) is 4.79 Å². The van der Waals surface area contributed by atoms with E-state index < -0.39 is 0 Å².